The van der Waals surface area contributed by atoms with Crippen molar-refractivity contribution in [3.63, 3.8) is 0 Å². The summed E-state index contributed by atoms with van der Waals surface area (Å²) in [6.07, 6.45) is 1.74. The maximum Gasteiger partial charge on any atom is 0.316 e. The Balaban J connectivity index is 1.84. The molecule has 6 nitrogen and oxygen atoms in total. The summed E-state index contributed by atoms with van der Waals surface area (Å²) in [4.78, 5) is 13.2. The lowest BCUT2D eigenvalue weighted by Crippen LogP contribution is -2.45. The average Bonchev–Trinajstić information content (AvgIpc) is 2.47. The molecule has 2 rings (SSSR count). The molecule has 6 heteroatoms. The smallest absolute Gasteiger partial charge is 0.316 e. The van der Waals surface area contributed by atoms with E-state index in [1.165, 1.54) is 0 Å². The van der Waals surface area contributed by atoms with Crippen LogP contribution in [0.3, 0.4) is 0 Å². The van der Waals surface area contributed by atoms with Gasteiger partial charge in [0, 0.05) is 38.9 Å². The zero-order valence-electron chi connectivity index (χ0n) is 14.2. The highest BCUT2D eigenvalue weighted by Crippen LogP contribution is 2.20. The number of methoxy groups -OCH3 is 1. The van der Waals surface area contributed by atoms with Crippen molar-refractivity contribution in [1.82, 2.24) is 19.8 Å². The fourth-order valence-electron chi connectivity index (χ4n) is 3.04. The Morgan fingerprint density at radius 3 is 2.77 bits per heavy atom. The van der Waals surface area contributed by atoms with Gasteiger partial charge in [0.05, 0.1) is 26.0 Å². The molecule has 0 bridgehead atoms. The molecule has 0 saturated carbocycles. The first-order valence-corrected chi connectivity index (χ1v) is 7.83. The van der Waals surface area contributed by atoms with Gasteiger partial charge in [-0.05, 0) is 18.5 Å². The van der Waals surface area contributed by atoms with E-state index in [2.05, 4.69) is 40.7 Å². The summed E-state index contributed by atoms with van der Waals surface area (Å²) in [6, 6.07) is 2.37. The van der Waals surface area contributed by atoms with E-state index in [1.54, 1.807) is 13.3 Å². The van der Waals surface area contributed by atoms with E-state index < -0.39 is 0 Å². The van der Waals surface area contributed by atoms with E-state index in [4.69, 9.17) is 9.47 Å². The SMILES string of the molecule is COc1nccc(CN(C)CC(C)(C)CN2CCOCC2)n1. The van der Waals surface area contributed by atoms with Gasteiger partial charge in [0.25, 0.3) is 0 Å². The number of morpholine rings is 1. The van der Waals surface area contributed by atoms with Crippen LogP contribution in [0.2, 0.25) is 0 Å². The first kappa shape index (κ1) is 17.1. The lowest BCUT2D eigenvalue weighted by atomic mass is 9.91. The Kier molecular flexibility index (Phi) is 6.11. The van der Waals surface area contributed by atoms with Gasteiger partial charge in [-0.2, -0.15) is 4.98 Å². The van der Waals surface area contributed by atoms with Gasteiger partial charge in [-0.1, -0.05) is 13.8 Å². The molecule has 1 fully saturated rings. The second-order valence-corrected chi connectivity index (χ2v) is 6.76. The molecule has 0 spiro atoms. The predicted octanol–water partition coefficient (Wildman–Crippen LogP) is 1.28. The minimum atomic E-state index is 0.225. The summed E-state index contributed by atoms with van der Waals surface area (Å²) in [7, 11) is 3.73. The van der Waals surface area contributed by atoms with Crippen LogP contribution in [-0.4, -0.2) is 73.3 Å². The second-order valence-electron chi connectivity index (χ2n) is 6.76. The van der Waals surface area contributed by atoms with Crippen LogP contribution in [0.25, 0.3) is 0 Å². The molecule has 0 amide bonds. The van der Waals surface area contributed by atoms with Gasteiger partial charge in [-0.3, -0.25) is 9.80 Å². The molecule has 2 heterocycles. The fraction of sp³-hybridized carbons (Fsp3) is 0.750. The molecule has 124 valence electrons. The maximum atomic E-state index is 5.42. The van der Waals surface area contributed by atoms with Gasteiger partial charge in [0.2, 0.25) is 0 Å². The first-order valence-electron chi connectivity index (χ1n) is 7.83. The summed E-state index contributed by atoms with van der Waals surface area (Å²) < 4.78 is 10.5. The third kappa shape index (κ3) is 5.51. The van der Waals surface area contributed by atoms with Gasteiger partial charge in [0.15, 0.2) is 0 Å². The van der Waals surface area contributed by atoms with Crippen molar-refractivity contribution in [3.8, 4) is 6.01 Å². The monoisotopic (exact) mass is 308 g/mol. The van der Waals surface area contributed by atoms with Crippen LogP contribution in [0.15, 0.2) is 12.3 Å². The lowest BCUT2D eigenvalue weighted by Gasteiger charge is -2.37. The Hall–Kier alpha value is -1.24. The summed E-state index contributed by atoms with van der Waals surface area (Å²) in [5, 5.41) is 0. The Morgan fingerprint density at radius 1 is 1.36 bits per heavy atom. The quantitative estimate of drug-likeness (QED) is 0.756. The average molecular weight is 308 g/mol. The third-order valence-corrected chi connectivity index (χ3v) is 3.76. The first-order chi connectivity index (χ1) is 10.5. The Labute approximate surface area is 133 Å². The van der Waals surface area contributed by atoms with Crippen molar-refractivity contribution < 1.29 is 9.47 Å². The van der Waals surface area contributed by atoms with Crippen molar-refractivity contribution in [2.75, 3.05) is 53.6 Å². The highest BCUT2D eigenvalue weighted by Gasteiger charge is 2.24. The second kappa shape index (κ2) is 7.85. The van der Waals surface area contributed by atoms with Crippen LogP contribution < -0.4 is 4.74 Å². The van der Waals surface area contributed by atoms with E-state index in [-0.39, 0.29) is 5.41 Å². The van der Waals surface area contributed by atoms with Crippen LogP contribution >= 0.6 is 0 Å². The zero-order chi connectivity index (χ0) is 16.0. The topological polar surface area (TPSA) is 50.7 Å². The molecule has 0 unspecified atom stereocenters. The van der Waals surface area contributed by atoms with Crippen molar-refractivity contribution in [2.45, 2.75) is 20.4 Å². The largest absolute Gasteiger partial charge is 0.467 e. The molecule has 1 aliphatic heterocycles. The van der Waals surface area contributed by atoms with E-state index in [9.17, 15) is 0 Å². The van der Waals surface area contributed by atoms with E-state index >= 15 is 0 Å². The maximum absolute atomic E-state index is 5.42. The minimum absolute atomic E-state index is 0.225. The number of nitrogens with zero attached hydrogens (tertiary/aromatic N) is 4. The van der Waals surface area contributed by atoms with Gasteiger partial charge >= 0.3 is 6.01 Å². The Bertz CT molecular complexity index is 461. The van der Waals surface area contributed by atoms with Crippen LogP contribution in [0.1, 0.15) is 19.5 Å². The number of hydrogen-bond acceptors (Lipinski definition) is 6. The molecular formula is C16H28N4O2. The van der Waals surface area contributed by atoms with Gasteiger partial charge in [0.1, 0.15) is 0 Å². The molecule has 0 aromatic carbocycles. The molecule has 0 radical (unpaired) electrons. The van der Waals surface area contributed by atoms with E-state index in [1.807, 2.05) is 6.07 Å². The Morgan fingerprint density at radius 2 is 2.09 bits per heavy atom. The van der Waals surface area contributed by atoms with Gasteiger partial charge < -0.3 is 9.47 Å². The number of rotatable bonds is 7. The predicted molar refractivity (Wildman–Crippen MR) is 86.0 cm³/mol. The summed E-state index contributed by atoms with van der Waals surface area (Å²) >= 11 is 0. The van der Waals surface area contributed by atoms with Gasteiger partial charge in [-0.15, -0.1) is 0 Å². The number of aromatic nitrogens is 2. The molecule has 1 saturated heterocycles. The highest BCUT2D eigenvalue weighted by molar-refractivity contribution is 5.05. The third-order valence-electron chi connectivity index (χ3n) is 3.76. The number of hydrogen-bond donors (Lipinski definition) is 0. The minimum Gasteiger partial charge on any atom is -0.467 e. The molecule has 0 aliphatic carbocycles. The highest BCUT2D eigenvalue weighted by atomic mass is 16.5. The molecule has 0 N–H and O–H groups in total. The van der Waals surface area contributed by atoms with Crippen molar-refractivity contribution in [2.24, 2.45) is 5.41 Å². The van der Waals surface area contributed by atoms with Crippen LogP contribution in [-0.2, 0) is 11.3 Å². The zero-order valence-corrected chi connectivity index (χ0v) is 14.2. The van der Waals surface area contributed by atoms with Gasteiger partial charge in [-0.25, -0.2) is 4.98 Å². The van der Waals surface area contributed by atoms with Crippen LogP contribution in [0, 0.1) is 5.41 Å². The van der Waals surface area contributed by atoms with Crippen LogP contribution in [0.4, 0.5) is 0 Å². The molecule has 1 aromatic heterocycles. The van der Waals surface area contributed by atoms with Crippen LogP contribution in [0.5, 0.6) is 6.01 Å². The van der Waals surface area contributed by atoms with Crippen molar-refractivity contribution in [1.29, 1.82) is 0 Å². The molecule has 0 atom stereocenters. The summed E-state index contributed by atoms with van der Waals surface area (Å²) in [5.41, 5.74) is 1.21. The van der Waals surface area contributed by atoms with Crippen molar-refractivity contribution >= 4 is 0 Å². The molecule has 1 aliphatic rings. The normalized spacial score (nSPS) is 17.0. The van der Waals surface area contributed by atoms with E-state index in [0.29, 0.717) is 6.01 Å². The molecule has 22 heavy (non-hydrogen) atoms. The molecular weight excluding hydrogens is 280 g/mol. The summed E-state index contributed by atoms with van der Waals surface area (Å²) in [6.45, 7) is 11.3. The lowest BCUT2D eigenvalue weighted by molar-refractivity contribution is 0.0160. The fourth-order valence-corrected chi connectivity index (χ4v) is 3.04. The van der Waals surface area contributed by atoms with E-state index in [0.717, 1.165) is 51.6 Å². The van der Waals surface area contributed by atoms with Crippen molar-refractivity contribution in [3.05, 3.63) is 18.0 Å². The standard InChI is InChI=1S/C16H28N4O2/c1-16(2,13-20-7-9-22-10-8-20)12-19(3)11-14-5-6-17-15(18-14)21-4/h5-6H,7-13H2,1-4H3. The number of ether oxygens (including phenoxy) is 2. The molecule has 1 aromatic rings. The summed E-state index contributed by atoms with van der Waals surface area (Å²) in [5.74, 6) is 0.